The third kappa shape index (κ3) is 3.10. The molecule has 0 spiro atoms. The summed E-state index contributed by atoms with van der Waals surface area (Å²) in [6.07, 6.45) is 2.23. The van der Waals surface area contributed by atoms with E-state index in [1.807, 2.05) is 17.0 Å². The lowest BCUT2D eigenvalue weighted by Crippen LogP contribution is -2.47. The van der Waals surface area contributed by atoms with Crippen LogP contribution in [0.2, 0.25) is 0 Å². The highest BCUT2D eigenvalue weighted by molar-refractivity contribution is 5.94. The Hall–Kier alpha value is -1.35. The lowest BCUT2D eigenvalue weighted by atomic mass is 10.1. The molecule has 0 saturated carbocycles. The molecular formula is C15H22N2O. The molecule has 1 aliphatic heterocycles. The Morgan fingerprint density at radius 3 is 2.28 bits per heavy atom. The van der Waals surface area contributed by atoms with Gasteiger partial charge in [-0.25, -0.2) is 0 Å². The summed E-state index contributed by atoms with van der Waals surface area (Å²) in [5, 5.41) is 0. The standard InChI is InChI=1S/C15H22N2O/c1-3-4-13-5-7-14(8-6-13)15(18)17-11-9-16(2)10-12-17/h5-8H,3-4,9-12H2,1-2H3. The highest BCUT2D eigenvalue weighted by Crippen LogP contribution is 2.11. The summed E-state index contributed by atoms with van der Waals surface area (Å²) in [5.74, 6) is 0.172. The van der Waals surface area contributed by atoms with Crippen LogP contribution < -0.4 is 0 Å². The molecule has 0 unspecified atom stereocenters. The molecule has 1 aliphatic rings. The Labute approximate surface area is 109 Å². The van der Waals surface area contributed by atoms with Gasteiger partial charge in [0.15, 0.2) is 0 Å². The third-order valence-electron chi connectivity index (χ3n) is 3.53. The summed E-state index contributed by atoms with van der Waals surface area (Å²) >= 11 is 0. The topological polar surface area (TPSA) is 23.6 Å². The SMILES string of the molecule is CCCc1ccc(C(=O)N2CCN(C)CC2)cc1. The summed E-state index contributed by atoms with van der Waals surface area (Å²) in [6, 6.07) is 8.08. The van der Waals surface area contributed by atoms with Gasteiger partial charge in [0.25, 0.3) is 5.91 Å². The van der Waals surface area contributed by atoms with E-state index in [1.165, 1.54) is 5.56 Å². The molecule has 1 aromatic rings. The molecule has 1 saturated heterocycles. The van der Waals surface area contributed by atoms with Crippen molar-refractivity contribution in [1.29, 1.82) is 0 Å². The van der Waals surface area contributed by atoms with Gasteiger partial charge in [-0.1, -0.05) is 25.5 Å². The van der Waals surface area contributed by atoms with Crippen LogP contribution in [0.5, 0.6) is 0 Å². The third-order valence-corrected chi connectivity index (χ3v) is 3.53. The highest BCUT2D eigenvalue weighted by Gasteiger charge is 2.19. The van der Waals surface area contributed by atoms with Crippen LogP contribution in [0.1, 0.15) is 29.3 Å². The number of hydrogen-bond acceptors (Lipinski definition) is 2. The molecule has 1 aromatic carbocycles. The van der Waals surface area contributed by atoms with Crippen LogP contribution in [-0.2, 0) is 6.42 Å². The lowest BCUT2D eigenvalue weighted by molar-refractivity contribution is 0.0664. The molecule has 1 heterocycles. The van der Waals surface area contributed by atoms with E-state index in [0.29, 0.717) is 0 Å². The normalized spacial score (nSPS) is 16.9. The van der Waals surface area contributed by atoms with E-state index < -0.39 is 0 Å². The molecule has 0 bridgehead atoms. The molecule has 0 aromatic heterocycles. The second-order valence-corrected chi connectivity index (χ2v) is 5.04. The first kappa shape index (κ1) is 13.1. The van der Waals surface area contributed by atoms with Gasteiger partial charge < -0.3 is 9.80 Å². The largest absolute Gasteiger partial charge is 0.336 e. The predicted molar refractivity (Wildman–Crippen MR) is 73.8 cm³/mol. The van der Waals surface area contributed by atoms with E-state index in [4.69, 9.17) is 0 Å². The number of carbonyl (C=O) groups is 1. The Kier molecular flexibility index (Phi) is 4.37. The highest BCUT2D eigenvalue weighted by atomic mass is 16.2. The van der Waals surface area contributed by atoms with E-state index in [0.717, 1.165) is 44.6 Å². The van der Waals surface area contributed by atoms with Gasteiger partial charge in [0.05, 0.1) is 0 Å². The summed E-state index contributed by atoms with van der Waals surface area (Å²) in [7, 11) is 2.10. The number of hydrogen-bond donors (Lipinski definition) is 0. The maximum Gasteiger partial charge on any atom is 0.253 e. The molecule has 0 aliphatic carbocycles. The minimum absolute atomic E-state index is 0.172. The fraction of sp³-hybridized carbons (Fsp3) is 0.533. The van der Waals surface area contributed by atoms with E-state index in [-0.39, 0.29) is 5.91 Å². The van der Waals surface area contributed by atoms with Gasteiger partial charge in [-0.3, -0.25) is 4.79 Å². The van der Waals surface area contributed by atoms with Crippen molar-refractivity contribution in [3.63, 3.8) is 0 Å². The van der Waals surface area contributed by atoms with Crippen LogP contribution in [0, 0.1) is 0 Å². The first-order chi connectivity index (χ1) is 8.70. The molecule has 0 atom stereocenters. The van der Waals surface area contributed by atoms with Crippen molar-refractivity contribution < 1.29 is 4.79 Å². The molecule has 1 fully saturated rings. The number of carbonyl (C=O) groups excluding carboxylic acids is 1. The van der Waals surface area contributed by atoms with Crippen molar-refractivity contribution in [3.8, 4) is 0 Å². The number of likely N-dealkylation sites (N-methyl/N-ethyl adjacent to an activating group) is 1. The van der Waals surface area contributed by atoms with Crippen molar-refractivity contribution in [3.05, 3.63) is 35.4 Å². The summed E-state index contributed by atoms with van der Waals surface area (Å²) in [6.45, 7) is 5.79. The number of nitrogens with zero attached hydrogens (tertiary/aromatic N) is 2. The maximum absolute atomic E-state index is 12.3. The zero-order valence-electron chi connectivity index (χ0n) is 11.4. The second kappa shape index (κ2) is 6.01. The summed E-state index contributed by atoms with van der Waals surface area (Å²) < 4.78 is 0. The first-order valence-electron chi connectivity index (χ1n) is 6.77. The summed E-state index contributed by atoms with van der Waals surface area (Å²) in [5.41, 5.74) is 2.13. The minimum atomic E-state index is 0.172. The molecule has 18 heavy (non-hydrogen) atoms. The van der Waals surface area contributed by atoms with Gasteiger partial charge in [-0.05, 0) is 31.2 Å². The van der Waals surface area contributed by atoms with Gasteiger partial charge >= 0.3 is 0 Å². The van der Waals surface area contributed by atoms with Crippen molar-refractivity contribution in [2.45, 2.75) is 19.8 Å². The van der Waals surface area contributed by atoms with Crippen molar-refractivity contribution in [1.82, 2.24) is 9.80 Å². The van der Waals surface area contributed by atoms with Crippen molar-refractivity contribution in [2.75, 3.05) is 33.2 Å². The fourth-order valence-corrected chi connectivity index (χ4v) is 2.29. The first-order valence-corrected chi connectivity index (χ1v) is 6.77. The number of amides is 1. The average molecular weight is 246 g/mol. The van der Waals surface area contributed by atoms with Crippen LogP contribution >= 0.6 is 0 Å². The van der Waals surface area contributed by atoms with Gasteiger partial charge in [0.1, 0.15) is 0 Å². The van der Waals surface area contributed by atoms with E-state index in [2.05, 4.69) is 31.0 Å². The van der Waals surface area contributed by atoms with Crippen LogP contribution in [-0.4, -0.2) is 48.9 Å². The van der Waals surface area contributed by atoms with Crippen LogP contribution in [0.25, 0.3) is 0 Å². The molecule has 3 heteroatoms. The Balaban J connectivity index is 2.00. The molecule has 0 N–H and O–H groups in total. The Bertz CT molecular complexity index is 391. The van der Waals surface area contributed by atoms with E-state index >= 15 is 0 Å². The summed E-state index contributed by atoms with van der Waals surface area (Å²) in [4.78, 5) is 16.5. The molecule has 98 valence electrons. The lowest BCUT2D eigenvalue weighted by Gasteiger charge is -2.32. The van der Waals surface area contributed by atoms with E-state index in [1.54, 1.807) is 0 Å². The average Bonchev–Trinajstić information content (AvgIpc) is 2.40. The number of benzene rings is 1. The van der Waals surface area contributed by atoms with E-state index in [9.17, 15) is 4.79 Å². The maximum atomic E-state index is 12.3. The molecule has 1 amide bonds. The number of piperazine rings is 1. The molecule has 0 radical (unpaired) electrons. The molecule has 2 rings (SSSR count). The minimum Gasteiger partial charge on any atom is -0.336 e. The van der Waals surface area contributed by atoms with Gasteiger partial charge in [0, 0.05) is 31.7 Å². The quantitative estimate of drug-likeness (QED) is 0.814. The van der Waals surface area contributed by atoms with Gasteiger partial charge in [-0.2, -0.15) is 0 Å². The predicted octanol–water partition coefficient (Wildman–Crippen LogP) is 2.03. The smallest absolute Gasteiger partial charge is 0.253 e. The van der Waals surface area contributed by atoms with Crippen LogP contribution in [0.3, 0.4) is 0 Å². The second-order valence-electron chi connectivity index (χ2n) is 5.04. The van der Waals surface area contributed by atoms with Crippen LogP contribution in [0.15, 0.2) is 24.3 Å². The number of aryl methyl sites for hydroxylation is 1. The Morgan fingerprint density at radius 1 is 1.11 bits per heavy atom. The zero-order valence-corrected chi connectivity index (χ0v) is 11.4. The van der Waals surface area contributed by atoms with Gasteiger partial charge in [-0.15, -0.1) is 0 Å². The van der Waals surface area contributed by atoms with Crippen molar-refractivity contribution in [2.24, 2.45) is 0 Å². The van der Waals surface area contributed by atoms with Gasteiger partial charge in [0.2, 0.25) is 0 Å². The fourth-order valence-electron chi connectivity index (χ4n) is 2.29. The van der Waals surface area contributed by atoms with Crippen molar-refractivity contribution >= 4 is 5.91 Å². The number of rotatable bonds is 3. The monoisotopic (exact) mass is 246 g/mol. The molecule has 3 nitrogen and oxygen atoms in total. The zero-order chi connectivity index (χ0) is 13.0. The Morgan fingerprint density at radius 2 is 1.72 bits per heavy atom. The van der Waals surface area contributed by atoms with Crippen LogP contribution in [0.4, 0.5) is 0 Å². The molecular weight excluding hydrogens is 224 g/mol.